The van der Waals surface area contributed by atoms with Crippen LogP contribution in [-0.4, -0.2) is 34.6 Å². The SMILES string of the molecule is CCCCCCCCCS(=O)(=O)NN=Cc1ccc(OC)c(OC)c1. The van der Waals surface area contributed by atoms with Gasteiger partial charge in [-0.05, 0) is 30.2 Å². The van der Waals surface area contributed by atoms with Crippen LogP contribution in [0.25, 0.3) is 0 Å². The lowest BCUT2D eigenvalue weighted by atomic mass is 10.1. The third-order valence-corrected chi connectivity index (χ3v) is 5.04. The van der Waals surface area contributed by atoms with E-state index in [1.54, 1.807) is 32.4 Å². The molecule has 7 heteroatoms. The molecule has 6 nitrogen and oxygen atoms in total. The van der Waals surface area contributed by atoms with Crippen molar-refractivity contribution in [3.63, 3.8) is 0 Å². The molecule has 0 spiro atoms. The van der Waals surface area contributed by atoms with Gasteiger partial charge in [0.1, 0.15) is 0 Å². The summed E-state index contributed by atoms with van der Waals surface area (Å²) in [5.41, 5.74) is 0.719. The molecule has 1 aromatic rings. The van der Waals surface area contributed by atoms with Crippen LogP contribution in [0.5, 0.6) is 11.5 Å². The molecule has 1 aromatic carbocycles. The highest BCUT2D eigenvalue weighted by Crippen LogP contribution is 2.26. The maximum absolute atomic E-state index is 11.9. The Balaban J connectivity index is 2.38. The Labute approximate surface area is 151 Å². The lowest BCUT2D eigenvalue weighted by molar-refractivity contribution is 0.355. The van der Waals surface area contributed by atoms with E-state index in [-0.39, 0.29) is 5.75 Å². The van der Waals surface area contributed by atoms with Crippen molar-refractivity contribution in [3.05, 3.63) is 23.8 Å². The third kappa shape index (κ3) is 8.77. The summed E-state index contributed by atoms with van der Waals surface area (Å²) < 4.78 is 34.2. The quantitative estimate of drug-likeness (QED) is 0.326. The molecule has 1 N–H and O–H groups in total. The first kappa shape index (κ1) is 21.3. The van der Waals surface area contributed by atoms with Crippen molar-refractivity contribution >= 4 is 16.2 Å². The molecule has 0 aliphatic rings. The van der Waals surface area contributed by atoms with Crippen molar-refractivity contribution in [2.24, 2.45) is 5.10 Å². The van der Waals surface area contributed by atoms with Gasteiger partial charge in [-0.2, -0.15) is 5.10 Å². The second kappa shape index (κ2) is 11.7. The second-order valence-corrected chi connectivity index (χ2v) is 7.72. The molecule has 0 atom stereocenters. The number of nitrogens with one attached hydrogen (secondary N) is 1. The predicted octanol–water partition coefficient (Wildman–Crippen LogP) is 3.71. The molecule has 0 aromatic heterocycles. The zero-order valence-corrected chi connectivity index (χ0v) is 16.3. The van der Waals surface area contributed by atoms with Crippen LogP contribution in [0.15, 0.2) is 23.3 Å². The number of ether oxygens (including phenoxy) is 2. The summed E-state index contributed by atoms with van der Waals surface area (Å²) in [6.07, 6.45) is 9.02. The number of hydrogen-bond donors (Lipinski definition) is 1. The van der Waals surface area contributed by atoms with Crippen LogP contribution >= 0.6 is 0 Å². The molecule has 0 bridgehead atoms. The van der Waals surface area contributed by atoms with Gasteiger partial charge in [-0.1, -0.05) is 45.4 Å². The number of unbranched alkanes of at least 4 members (excludes halogenated alkanes) is 6. The molecule has 0 fully saturated rings. The van der Waals surface area contributed by atoms with Crippen LogP contribution in [0, 0.1) is 0 Å². The average Bonchev–Trinajstić information content (AvgIpc) is 2.60. The van der Waals surface area contributed by atoms with Crippen LogP contribution in [0.1, 0.15) is 57.4 Å². The number of sulfonamides is 1. The first-order chi connectivity index (χ1) is 12.0. The maximum atomic E-state index is 11.9. The summed E-state index contributed by atoms with van der Waals surface area (Å²) >= 11 is 0. The number of methoxy groups -OCH3 is 2. The third-order valence-electron chi connectivity index (χ3n) is 3.83. The molecule has 1 rings (SSSR count). The Bertz CT molecular complexity index is 630. The number of benzene rings is 1. The van der Waals surface area contributed by atoms with Crippen molar-refractivity contribution in [1.82, 2.24) is 4.83 Å². The second-order valence-electron chi connectivity index (χ2n) is 5.90. The predicted molar refractivity (Wildman–Crippen MR) is 102 cm³/mol. The minimum Gasteiger partial charge on any atom is -0.493 e. The zero-order chi connectivity index (χ0) is 18.5. The Hall–Kier alpha value is -1.76. The number of hydrazone groups is 1. The fourth-order valence-corrected chi connectivity index (χ4v) is 3.30. The van der Waals surface area contributed by atoms with Gasteiger partial charge in [0.2, 0.25) is 10.0 Å². The molecule has 25 heavy (non-hydrogen) atoms. The van der Waals surface area contributed by atoms with Gasteiger partial charge in [0, 0.05) is 0 Å². The van der Waals surface area contributed by atoms with E-state index in [1.165, 1.54) is 31.9 Å². The van der Waals surface area contributed by atoms with Gasteiger partial charge in [0.15, 0.2) is 11.5 Å². The fraction of sp³-hybridized carbons (Fsp3) is 0.611. The topological polar surface area (TPSA) is 77.0 Å². The minimum absolute atomic E-state index is 0.101. The van der Waals surface area contributed by atoms with Crippen molar-refractivity contribution in [3.8, 4) is 11.5 Å². The van der Waals surface area contributed by atoms with Gasteiger partial charge in [0.05, 0.1) is 26.2 Å². The minimum atomic E-state index is -3.38. The molecule has 0 saturated carbocycles. The van der Waals surface area contributed by atoms with Gasteiger partial charge in [0.25, 0.3) is 0 Å². The Morgan fingerprint density at radius 1 is 1.00 bits per heavy atom. The molecule has 0 saturated heterocycles. The van der Waals surface area contributed by atoms with E-state index < -0.39 is 10.0 Å². The Morgan fingerprint density at radius 2 is 1.64 bits per heavy atom. The van der Waals surface area contributed by atoms with Crippen LogP contribution in [0.4, 0.5) is 0 Å². The highest BCUT2D eigenvalue weighted by molar-refractivity contribution is 7.89. The fourth-order valence-electron chi connectivity index (χ4n) is 2.41. The molecule has 0 aliphatic heterocycles. The molecular weight excluding hydrogens is 340 g/mol. The molecular formula is C18H30N2O4S. The summed E-state index contributed by atoms with van der Waals surface area (Å²) in [6, 6.07) is 5.25. The van der Waals surface area contributed by atoms with Gasteiger partial charge < -0.3 is 9.47 Å². The number of hydrogen-bond acceptors (Lipinski definition) is 5. The van der Waals surface area contributed by atoms with Crippen LogP contribution < -0.4 is 14.3 Å². The van der Waals surface area contributed by atoms with Crippen molar-refractivity contribution in [2.45, 2.75) is 51.9 Å². The van der Waals surface area contributed by atoms with Crippen LogP contribution in [-0.2, 0) is 10.0 Å². The zero-order valence-electron chi connectivity index (χ0n) is 15.5. The van der Waals surface area contributed by atoms with Crippen molar-refractivity contribution in [1.29, 1.82) is 0 Å². The van der Waals surface area contributed by atoms with E-state index >= 15 is 0 Å². The van der Waals surface area contributed by atoms with Gasteiger partial charge in [-0.3, -0.25) is 0 Å². The largest absolute Gasteiger partial charge is 0.493 e. The van der Waals surface area contributed by atoms with Crippen molar-refractivity contribution < 1.29 is 17.9 Å². The summed E-state index contributed by atoms with van der Waals surface area (Å²) in [5.74, 6) is 1.28. The van der Waals surface area contributed by atoms with Gasteiger partial charge >= 0.3 is 0 Å². The van der Waals surface area contributed by atoms with Gasteiger partial charge in [-0.25, -0.2) is 13.2 Å². The summed E-state index contributed by atoms with van der Waals surface area (Å²) in [4.78, 5) is 2.25. The van der Waals surface area contributed by atoms with Crippen molar-refractivity contribution in [2.75, 3.05) is 20.0 Å². The van der Waals surface area contributed by atoms with E-state index in [4.69, 9.17) is 9.47 Å². The number of rotatable bonds is 13. The summed E-state index contributed by atoms with van der Waals surface area (Å²) in [5, 5.41) is 3.82. The Morgan fingerprint density at radius 3 is 2.28 bits per heavy atom. The molecule has 0 unspecified atom stereocenters. The van der Waals surface area contributed by atoms with E-state index in [0.717, 1.165) is 18.4 Å². The number of nitrogens with zero attached hydrogens (tertiary/aromatic N) is 1. The van der Waals surface area contributed by atoms with E-state index in [2.05, 4.69) is 16.9 Å². The summed E-state index contributed by atoms with van der Waals surface area (Å²) in [7, 11) is -0.277. The average molecular weight is 371 g/mol. The highest BCUT2D eigenvalue weighted by atomic mass is 32.2. The molecule has 0 aliphatic carbocycles. The Kier molecular flexibility index (Phi) is 9.99. The van der Waals surface area contributed by atoms with Gasteiger partial charge in [-0.15, -0.1) is 0 Å². The van der Waals surface area contributed by atoms with Crippen LogP contribution in [0.2, 0.25) is 0 Å². The molecule has 0 heterocycles. The standard InChI is InChI=1S/C18H30N2O4S/c1-4-5-6-7-8-9-10-13-25(21,22)20-19-15-16-11-12-17(23-2)18(14-16)24-3/h11-12,14-15,20H,4-10,13H2,1-3H3. The van der Waals surface area contributed by atoms with E-state index in [0.29, 0.717) is 17.9 Å². The molecule has 0 radical (unpaired) electrons. The first-order valence-electron chi connectivity index (χ1n) is 8.77. The lowest BCUT2D eigenvalue weighted by Crippen LogP contribution is -2.21. The molecule has 142 valence electrons. The lowest BCUT2D eigenvalue weighted by Gasteiger charge is -2.07. The van der Waals surface area contributed by atoms with E-state index in [1.807, 2.05) is 0 Å². The maximum Gasteiger partial charge on any atom is 0.247 e. The van der Waals surface area contributed by atoms with Crippen LogP contribution in [0.3, 0.4) is 0 Å². The van der Waals surface area contributed by atoms with E-state index in [9.17, 15) is 8.42 Å². The first-order valence-corrected chi connectivity index (χ1v) is 10.4. The highest BCUT2D eigenvalue weighted by Gasteiger charge is 2.08. The smallest absolute Gasteiger partial charge is 0.247 e. The summed E-state index contributed by atoms with van der Waals surface area (Å²) in [6.45, 7) is 2.18. The normalized spacial score (nSPS) is 11.6. The monoisotopic (exact) mass is 370 g/mol. The molecule has 0 amide bonds.